The zero-order valence-electron chi connectivity index (χ0n) is 17.5. The number of benzene rings is 1. The van der Waals surface area contributed by atoms with Crippen molar-refractivity contribution in [1.29, 1.82) is 0 Å². The largest absolute Gasteiger partial charge is 0.352 e. The Morgan fingerprint density at radius 3 is 2.53 bits per heavy atom. The Morgan fingerprint density at radius 1 is 1.13 bits per heavy atom. The predicted molar refractivity (Wildman–Crippen MR) is 112 cm³/mol. The summed E-state index contributed by atoms with van der Waals surface area (Å²) in [7, 11) is -3.60. The van der Waals surface area contributed by atoms with Gasteiger partial charge in [0, 0.05) is 45.6 Å². The van der Waals surface area contributed by atoms with Crippen molar-refractivity contribution < 1.29 is 22.7 Å². The number of piperidine rings is 2. The molecule has 4 rings (SSSR count). The van der Waals surface area contributed by atoms with Crippen LogP contribution in [0.1, 0.15) is 36.8 Å². The number of nitrogens with one attached hydrogen (secondary N) is 1. The molecule has 0 bridgehead atoms. The maximum Gasteiger partial charge on any atom is 0.282 e. The summed E-state index contributed by atoms with van der Waals surface area (Å²) in [6.45, 7) is 5.06. The zero-order valence-corrected chi connectivity index (χ0v) is 18.3. The molecule has 3 saturated heterocycles. The molecule has 1 amide bonds. The average molecular weight is 438 g/mol. The summed E-state index contributed by atoms with van der Waals surface area (Å²) < 4.78 is 40.7. The topological polar surface area (TPSA) is 88.2 Å². The SMILES string of the molecule is Cc1ccccc1CNC(=O)C1CCCN(S(=O)(=O)N2CCC3(CC2)OCCO3)C1. The first-order valence-corrected chi connectivity index (χ1v) is 12.1. The van der Waals surface area contributed by atoms with E-state index in [0.717, 1.165) is 11.1 Å². The highest BCUT2D eigenvalue weighted by atomic mass is 32.2. The minimum absolute atomic E-state index is 0.0801. The van der Waals surface area contributed by atoms with Crippen molar-refractivity contribution in [2.75, 3.05) is 39.4 Å². The van der Waals surface area contributed by atoms with E-state index in [9.17, 15) is 13.2 Å². The average Bonchev–Trinajstić information content (AvgIpc) is 3.21. The summed E-state index contributed by atoms with van der Waals surface area (Å²) in [6, 6.07) is 7.93. The van der Waals surface area contributed by atoms with Crippen LogP contribution >= 0.6 is 0 Å². The molecule has 1 unspecified atom stereocenters. The predicted octanol–water partition coefficient (Wildman–Crippen LogP) is 1.41. The summed E-state index contributed by atoms with van der Waals surface area (Å²) in [5.41, 5.74) is 2.20. The van der Waals surface area contributed by atoms with Crippen LogP contribution in [0.15, 0.2) is 24.3 Å². The number of amides is 1. The van der Waals surface area contributed by atoms with Crippen LogP contribution < -0.4 is 5.32 Å². The van der Waals surface area contributed by atoms with E-state index < -0.39 is 16.0 Å². The fourth-order valence-corrected chi connectivity index (χ4v) is 6.21. The van der Waals surface area contributed by atoms with E-state index in [1.807, 2.05) is 31.2 Å². The van der Waals surface area contributed by atoms with Gasteiger partial charge in [-0.1, -0.05) is 24.3 Å². The van der Waals surface area contributed by atoms with Crippen molar-refractivity contribution >= 4 is 16.1 Å². The van der Waals surface area contributed by atoms with E-state index in [4.69, 9.17) is 9.47 Å². The van der Waals surface area contributed by atoms with Gasteiger partial charge in [-0.15, -0.1) is 0 Å². The van der Waals surface area contributed by atoms with Gasteiger partial charge in [-0.2, -0.15) is 17.0 Å². The standard InChI is InChI=1S/C21H31N3O5S/c1-17-5-2-3-6-18(17)15-22-20(25)19-7-4-10-24(16-19)30(26,27)23-11-8-21(9-12-23)28-13-14-29-21/h2-3,5-6,19H,4,7-16H2,1H3,(H,22,25). The van der Waals surface area contributed by atoms with Crippen LogP contribution in [0.4, 0.5) is 0 Å². The number of rotatable bonds is 5. The van der Waals surface area contributed by atoms with Crippen molar-refractivity contribution in [3.63, 3.8) is 0 Å². The van der Waals surface area contributed by atoms with Crippen molar-refractivity contribution in [3.05, 3.63) is 35.4 Å². The quantitative estimate of drug-likeness (QED) is 0.753. The Morgan fingerprint density at radius 2 is 1.83 bits per heavy atom. The van der Waals surface area contributed by atoms with Gasteiger partial charge in [0.25, 0.3) is 10.2 Å². The van der Waals surface area contributed by atoms with Crippen LogP contribution in [0, 0.1) is 12.8 Å². The van der Waals surface area contributed by atoms with Crippen LogP contribution in [-0.4, -0.2) is 68.1 Å². The first-order valence-electron chi connectivity index (χ1n) is 10.7. The Hall–Kier alpha value is -1.52. The van der Waals surface area contributed by atoms with Gasteiger partial charge in [-0.3, -0.25) is 4.79 Å². The van der Waals surface area contributed by atoms with Gasteiger partial charge in [0.1, 0.15) is 0 Å². The first-order chi connectivity index (χ1) is 14.4. The minimum Gasteiger partial charge on any atom is -0.352 e. The highest BCUT2D eigenvalue weighted by Crippen LogP contribution is 2.33. The molecule has 1 spiro atoms. The highest BCUT2D eigenvalue weighted by Gasteiger charge is 2.44. The molecule has 166 valence electrons. The van der Waals surface area contributed by atoms with Gasteiger partial charge in [-0.25, -0.2) is 0 Å². The summed E-state index contributed by atoms with van der Waals surface area (Å²) in [6.07, 6.45) is 2.48. The number of hydrogen-bond acceptors (Lipinski definition) is 5. The number of carbonyl (C=O) groups is 1. The Labute approximate surface area is 178 Å². The van der Waals surface area contributed by atoms with E-state index in [1.165, 1.54) is 8.61 Å². The molecule has 1 N–H and O–H groups in total. The third-order valence-corrected chi connectivity index (χ3v) is 8.42. The van der Waals surface area contributed by atoms with E-state index in [2.05, 4.69) is 5.32 Å². The molecule has 1 aromatic carbocycles. The number of ether oxygens (including phenoxy) is 2. The monoisotopic (exact) mass is 437 g/mol. The smallest absolute Gasteiger partial charge is 0.282 e. The second kappa shape index (κ2) is 8.92. The van der Waals surface area contributed by atoms with E-state index in [1.54, 1.807) is 0 Å². The van der Waals surface area contributed by atoms with Crippen LogP contribution in [0.3, 0.4) is 0 Å². The lowest BCUT2D eigenvalue weighted by Gasteiger charge is -2.40. The molecule has 30 heavy (non-hydrogen) atoms. The highest BCUT2D eigenvalue weighted by molar-refractivity contribution is 7.86. The second-order valence-corrected chi connectivity index (χ2v) is 10.3. The van der Waals surface area contributed by atoms with Gasteiger partial charge in [0.15, 0.2) is 5.79 Å². The van der Waals surface area contributed by atoms with Crippen LogP contribution in [0.2, 0.25) is 0 Å². The van der Waals surface area contributed by atoms with E-state index in [0.29, 0.717) is 65.1 Å². The molecule has 0 aromatic heterocycles. The van der Waals surface area contributed by atoms with Gasteiger partial charge >= 0.3 is 0 Å². The molecule has 3 aliphatic rings. The third-order valence-electron chi connectivity index (χ3n) is 6.42. The number of nitrogens with zero attached hydrogens (tertiary/aromatic N) is 2. The molecule has 3 heterocycles. The number of hydrogen-bond donors (Lipinski definition) is 1. The zero-order chi connectivity index (χ0) is 21.2. The molecule has 9 heteroatoms. The first kappa shape index (κ1) is 21.7. The molecule has 3 fully saturated rings. The summed E-state index contributed by atoms with van der Waals surface area (Å²) in [5.74, 6) is -1.01. The molecule has 0 aliphatic carbocycles. The molecule has 1 aromatic rings. The van der Waals surface area contributed by atoms with Gasteiger partial charge in [0.05, 0.1) is 19.1 Å². The maximum absolute atomic E-state index is 13.2. The lowest BCUT2D eigenvalue weighted by Crippen LogP contribution is -2.54. The summed E-state index contributed by atoms with van der Waals surface area (Å²) in [4.78, 5) is 12.7. The lowest BCUT2D eigenvalue weighted by atomic mass is 9.98. The van der Waals surface area contributed by atoms with Crippen molar-refractivity contribution in [2.45, 2.75) is 44.9 Å². The third kappa shape index (κ3) is 4.55. The summed E-state index contributed by atoms with van der Waals surface area (Å²) in [5, 5.41) is 2.99. The maximum atomic E-state index is 13.2. The Kier molecular flexibility index (Phi) is 6.45. The number of aryl methyl sites for hydroxylation is 1. The second-order valence-electron chi connectivity index (χ2n) is 8.36. The van der Waals surface area contributed by atoms with Crippen molar-refractivity contribution in [3.8, 4) is 0 Å². The lowest BCUT2D eigenvalue weighted by molar-refractivity contribution is -0.179. The normalized spacial score (nSPS) is 25.4. The van der Waals surface area contributed by atoms with Gasteiger partial charge in [0.2, 0.25) is 5.91 Å². The molecular weight excluding hydrogens is 406 g/mol. The molecule has 1 atom stereocenters. The molecule has 0 radical (unpaired) electrons. The van der Waals surface area contributed by atoms with Crippen LogP contribution in [-0.2, 0) is 31.0 Å². The molecule has 0 saturated carbocycles. The van der Waals surface area contributed by atoms with Gasteiger partial charge in [-0.05, 0) is 30.9 Å². The van der Waals surface area contributed by atoms with E-state index in [-0.39, 0.29) is 18.4 Å². The van der Waals surface area contributed by atoms with E-state index >= 15 is 0 Å². The Bertz CT molecular complexity index is 859. The molecule has 3 aliphatic heterocycles. The fraction of sp³-hybridized carbons (Fsp3) is 0.667. The minimum atomic E-state index is -3.60. The molecular formula is C21H31N3O5S. The van der Waals surface area contributed by atoms with Crippen LogP contribution in [0.5, 0.6) is 0 Å². The Balaban J connectivity index is 1.33. The fourth-order valence-electron chi connectivity index (χ4n) is 4.51. The summed E-state index contributed by atoms with van der Waals surface area (Å²) >= 11 is 0. The number of carbonyl (C=O) groups excluding carboxylic acids is 1. The molecule has 8 nitrogen and oxygen atoms in total. The van der Waals surface area contributed by atoms with Gasteiger partial charge < -0.3 is 14.8 Å². The van der Waals surface area contributed by atoms with Crippen molar-refractivity contribution in [1.82, 2.24) is 13.9 Å². The van der Waals surface area contributed by atoms with Crippen molar-refractivity contribution in [2.24, 2.45) is 5.92 Å². The van der Waals surface area contributed by atoms with Crippen LogP contribution in [0.25, 0.3) is 0 Å².